The Hall–Kier alpha value is -2.38. The second kappa shape index (κ2) is 4.47. The number of hydrogen-bond acceptors (Lipinski definition) is 4. The van der Waals surface area contributed by atoms with Crippen LogP contribution < -0.4 is 5.32 Å². The molecule has 0 unspecified atom stereocenters. The second-order valence-corrected chi connectivity index (χ2v) is 3.38. The molecule has 1 N–H and O–H groups in total. The van der Waals surface area contributed by atoms with E-state index in [2.05, 4.69) is 14.9 Å². The van der Waals surface area contributed by atoms with Gasteiger partial charge in [-0.1, -0.05) is 5.16 Å². The number of amides is 1. The maximum Gasteiger partial charge on any atom is 0.279 e. The lowest BCUT2D eigenvalue weighted by atomic mass is 10.2. The van der Waals surface area contributed by atoms with Gasteiger partial charge < -0.3 is 5.32 Å². The van der Waals surface area contributed by atoms with Crippen LogP contribution in [0.25, 0.3) is 0 Å². The summed E-state index contributed by atoms with van der Waals surface area (Å²) in [6.45, 7) is 1.45. The number of halogens is 3. The molecule has 1 heterocycles. The van der Waals surface area contributed by atoms with Gasteiger partial charge >= 0.3 is 0 Å². The minimum absolute atomic E-state index is 0.167. The number of nitrogens with zero attached hydrogens (tertiary/aromatic N) is 2. The van der Waals surface area contributed by atoms with Crippen molar-refractivity contribution in [3.05, 3.63) is 41.0 Å². The lowest BCUT2D eigenvalue weighted by molar-refractivity contribution is 0.101. The molecule has 0 aliphatic heterocycles. The summed E-state index contributed by atoms with van der Waals surface area (Å²) in [5.74, 6) is -5.33. The fourth-order valence-corrected chi connectivity index (χ4v) is 1.24. The number of anilines is 1. The Labute approximate surface area is 98.6 Å². The lowest BCUT2D eigenvalue weighted by Crippen LogP contribution is -2.15. The molecule has 0 fully saturated rings. The Bertz CT molecular complexity index is 612. The zero-order valence-corrected chi connectivity index (χ0v) is 9.00. The molecule has 0 saturated carbocycles. The molecule has 94 valence electrons. The molecule has 1 aromatic heterocycles. The quantitative estimate of drug-likeness (QED) is 0.836. The van der Waals surface area contributed by atoms with Crippen molar-refractivity contribution in [3.63, 3.8) is 0 Å². The maximum absolute atomic E-state index is 13.3. The number of benzene rings is 1. The standard InChI is InChI=1S/C10H6F3N3O2/c1-4-9(16-18-15-4)10(17)14-6-3-2-5(11)7(12)8(6)13/h2-3H,1H3,(H,14,17). The highest BCUT2D eigenvalue weighted by Crippen LogP contribution is 2.20. The first kappa shape index (κ1) is 12.1. The van der Waals surface area contributed by atoms with Crippen LogP contribution in [0.15, 0.2) is 16.8 Å². The highest BCUT2D eigenvalue weighted by atomic mass is 19.2. The van der Waals surface area contributed by atoms with Crippen molar-refractivity contribution >= 4 is 11.6 Å². The van der Waals surface area contributed by atoms with E-state index in [0.717, 1.165) is 6.07 Å². The molecular weight excluding hydrogens is 251 g/mol. The maximum atomic E-state index is 13.3. The number of rotatable bonds is 2. The summed E-state index contributed by atoms with van der Waals surface area (Å²) in [7, 11) is 0. The molecule has 0 spiro atoms. The fourth-order valence-electron chi connectivity index (χ4n) is 1.24. The van der Waals surface area contributed by atoms with E-state index in [0.29, 0.717) is 6.07 Å². The van der Waals surface area contributed by atoms with Gasteiger partial charge in [0, 0.05) is 0 Å². The van der Waals surface area contributed by atoms with Crippen molar-refractivity contribution in [3.8, 4) is 0 Å². The first-order valence-corrected chi connectivity index (χ1v) is 4.74. The molecule has 1 aromatic carbocycles. The lowest BCUT2D eigenvalue weighted by Gasteiger charge is -2.05. The average Bonchev–Trinajstić information content (AvgIpc) is 2.76. The molecule has 0 aliphatic rings. The normalized spacial score (nSPS) is 10.4. The van der Waals surface area contributed by atoms with Crippen molar-refractivity contribution in [2.75, 3.05) is 5.32 Å². The third-order valence-corrected chi connectivity index (χ3v) is 2.15. The molecular formula is C10H6F3N3O2. The third-order valence-electron chi connectivity index (χ3n) is 2.15. The summed E-state index contributed by atoms with van der Waals surface area (Å²) in [5, 5.41) is 8.69. The Balaban J connectivity index is 2.28. The molecule has 0 radical (unpaired) electrons. The summed E-state index contributed by atoms with van der Waals surface area (Å²) in [4.78, 5) is 11.6. The van der Waals surface area contributed by atoms with Crippen LogP contribution >= 0.6 is 0 Å². The second-order valence-electron chi connectivity index (χ2n) is 3.38. The molecule has 5 nitrogen and oxygen atoms in total. The van der Waals surface area contributed by atoms with Gasteiger partial charge in [-0.15, -0.1) is 0 Å². The molecule has 1 amide bonds. The van der Waals surface area contributed by atoms with Gasteiger partial charge in [0.1, 0.15) is 5.69 Å². The van der Waals surface area contributed by atoms with E-state index < -0.39 is 29.0 Å². The highest BCUT2D eigenvalue weighted by molar-refractivity contribution is 6.03. The van der Waals surface area contributed by atoms with Gasteiger partial charge in [-0.3, -0.25) is 4.79 Å². The monoisotopic (exact) mass is 257 g/mol. The first-order chi connectivity index (χ1) is 8.50. The molecule has 0 atom stereocenters. The van der Waals surface area contributed by atoms with Crippen LogP contribution in [0.1, 0.15) is 16.2 Å². The van der Waals surface area contributed by atoms with Gasteiger partial charge in [0.15, 0.2) is 23.1 Å². The van der Waals surface area contributed by atoms with Crippen molar-refractivity contribution in [2.24, 2.45) is 0 Å². The van der Waals surface area contributed by atoms with E-state index in [1.807, 2.05) is 5.32 Å². The van der Waals surface area contributed by atoms with Crippen LogP contribution in [0, 0.1) is 24.4 Å². The van der Waals surface area contributed by atoms with Crippen molar-refractivity contribution < 1.29 is 22.6 Å². The van der Waals surface area contributed by atoms with Crippen LogP contribution in [0.5, 0.6) is 0 Å². The Morgan fingerprint density at radius 2 is 1.94 bits per heavy atom. The number of nitrogens with one attached hydrogen (secondary N) is 1. The zero-order chi connectivity index (χ0) is 13.3. The zero-order valence-electron chi connectivity index (χ0n) is 9.00. The summed E-state index contributed by atoms with van der Waals surface area (Å²) < 4.78 is 43.1. The predicted molar refractivity (Wildman–Crippen MR) is 53.3 cm³/mol. The van der Waals surface area contributed by atoms with Crippen molar-refractivity contribution in [2.45, 2.75) is 6.92 Å². The average molecular weight is 257 g/mol. The summed E-state index contributed by atoms with van der Waals surface area (Å²) in [5.41, 5.74) is -0.476. The Kier molecular flexibility index (Phi) is 3.00. The highest BCUT2D eigenvalue weighted by Gasteiger charge is 2.19. The van der Waals surface area contributed by atoms with Gasteiger partial charge in [-0.05, 0) is 24.2 Å². The van der Waals surface area contributed by atoms with Crippen LogP contribution in [0.4, 0.5) is 18.9 Å². The van der Waals surface area contributed by atoms with E-state index >= 15 is 0 Å². The largest absolute Gasteiger partial charge is 0.318 e. The van der Waals surface area contributed by atoms with Gasteiger partial charge in [-0.25, -0.2) is 17.8 Å². The molecule has 18 heavy (non-hydrogen) atoms. The summed E-state index contributed by atoms with van der Waals surface area (Å²) >= 11 is 0. The topological polar surface area (TPSA) is 68.0 Å². The number of carbonyl (C=O) groups excluding carboxylic acids is 1. The van der Waals surface area contributed by atoms with Crippen LogP contribution in [0.3, 0.4) is 0 Å². The smallest absolute Gasteiger partial charge is 0.279 e. The van der Waals surface area contributed by atoms with Crippen LogP contribution in [0.2, 0.25) is 0 Å². The summed E-state index contributed by atoms with van der Waals surface area (Å²) in [6, 6.07) is 1.59. The van der Waals surface area contributed by atoms with Crippen molar-refractivity contribution in [1.29, 1.82) is 0 Å². The molecule has 0 bridgehead atoms. The number of hydrogen-bond donors (Lipinski definition) is 1. The number of carbonyl (C=O) groups is 1. The SMILES string of the molecule is Cc1nonc1C(=O)Nc1ccc(F)c(F)c1F. The minimum atomic E-state index is -1.66. The van der Waals surface area contributed by atoms with E-state index in [9.17, 15) is 18.0 Å². The first-order valence-electron chi connectivity index (χ1n) is 4.74. The fraction of sp³-hybridized carbons (Fsp3) is 0.100. The Morgan fingerprint density at radius 3 is 2.56 bits per heavy atom. The van der Waals surface area contributed by atoms with Crippen LogP contribution in [-0.4, -0.2) is 16.2 Å². The molecule has 0 saturated heterocycles. The Morgan fingerprint density at radius 1 is 1.22 bits per heavy atom. The predicted octanol–water partition coefficient (Wildman–Crippen LogP) is 2.05. The van der Waals surface area contributed by atoms with Gasteiger partial charge in [-0.2, -0.15) is 0 Å². The minimum Gasteiger partial charge on any atom is -0.318 e. The molecule has 0 aliphatic carbocycles. The molecule has 2 rings (SSSR count). The molecule has 2 aromatic rings. The van der Waals surface area contributed by atoms with Gasteiger partial charge in [0.25, 0.3) is 5.91 Å². The molecule has 8 heteroatoms. The van der Waals surface area contributed by atoms with Crippen LogP contribution in [-0.2, 0) is 0 Å². The van der Waals surface area contributed by atoms with E-state index in [1.165, 1.54) is 6.92 Å². The van der Waals surface area contributed by atoms with E-state index in [1.54, 1.807) is 0 Å². The van der Waals surface area contributed by atoms with Gasteiger partial charge in [0.2, 0.25) is 0 Å². The third kappa shape index (κ3) is 2.04. The number of aromatic nitrogens is 2. The summed E-state index contributed by atoms with van der Waals surface area (Å²) in [6.07, 6.45) is 0. The van der Waals surface area contributed by atoms with E-state index in [-0.39, 0.29) is 11.4 Å². The van der Waals surface area contributed by atoms with E-state index in [4.69, 9.17) is 0 Å². The number of aryl methyl sites for hydroxylation is 1. The van der Waals surface area contributed by atoms with Crippen molar-refractivity contribution in [1.82, 2.24) is 10.3 Å². The van der Waals surface area contributed by atoms with Gasteiger partial charge in [0.05, 0.1) is 5.69 Å².